The molecule has 3 rings (SSSR count). The van der Waals surface area contributed by atoms with Crippen LogP contribution in [0.25, 0.3) is 10.8 Å². The third kappa shape index (κ3) is 4.31. The molecular formula is C18H20N2O3S. The fraction of sp³-hybridized carbons (Fsp3) is 0.167. The number of hydrogen-bond donors (Lipinski definition) is 1. The average molecular weight is 344 g/mol. The third-order valence-corrected chi connectivity index (χ3v) is 4.71. The molecule has 0 aliphatic heterocycles. The van der Waals surface area contributed by atoms with Gasteiger partial charge in [0.2, 0.25) is 6.20 Å². The minimum atomic E-state index is -4.33. The lowest BCUT2D eigenvalue weighted by atomic mass is 10.1. The zero-order valence-electron chi connectivity index (χ0n) is 13.9. The van der Waals surface area contributed by atoms with Crippen molar-refractivity contribution in [2.75, 3.05) is 5.84 Å². The molecule has 0 saturated heterocycles. The van der Waals surface area contributed by atoms with Gasteiger partial charge >= 0.3 is 0 Å². The zero-order chi connectivity index (χ0) is 17.9. The number of nitrogen functional groups attached to an aromatic ring is 1. The van der Waals surface area contributed by atoms with E-state index in [1.165, 1.54) is 5.39 Å². The normalized spacial score (nSPS) is 11.0. The lowest BCUT2D eigenvalue weighted by Gasteiger charge is -2.14. The van der Waals surface area contributed by atoms with Crippen molar-refractivity contribution >= 4 is 20.9 Å². The summed E-state index contributed by atoms with van der Waals surface area (Å²) in [5.74, 6) is 5.54. The molecule has 0 spiro atoms. The molecule has 3 aromatic rings. The van der Waals surface area contributed by atoms with Crippen molar-refractivity contribution in [2.45, 2.75) is 25.7 Å². The number of aryl methyl sites for hydroxylation is 3. The van der Waals surface area contributed by atoms with Gasteiger partial charge in [0.1, 0.15) is 10.1 Å². The van der Waals surface area contributed by atoms with Crippen LogP contribution in [-0.2, 0) is 10.1 Å². The highest BCUT2D eigenvalue weighted by Crippen LogP contribution is 2.20. The first-order chi connectivity index (χ1) is 11.2. The smallest absolute Gasteiger partial charge is 0.206 e. The Morgan fingerprint density at radius 3 is 2.04 bits per heavy atom. The van der Waals surface area contributed by atoms with E-state index in [-0.39, 0.29) is 4.90 Å². The van der Waals surface area contributed by atoms with E-state index >= 15 is 0 Å². The molecule has 2 aromatic carbocycles. The number of rotatable bonds is 1. The summed E-state index contributed by atoms with van der Waals surface area (Å²) in [6.45, 7) is 5.12. The molecule has 24 heavy (non-hydrogen) atoms. The highest BCUT2D eigenvalue weighted by atomic mass is 32.2. The number of fused-ring (bicyclic) bond motifs is 1. The Balaban J connectivity index is 0.000000175. The van der Waals surface area contributed by atoms with E-state index in [0.717, 1.165) is 10.9 Å². The molecule has 0 saturated carbocycles. The molecule has 0 aliphatic carbocycles. The standard InChI is InChI=1S/C9H9N2.C9H12O3S/c10-11-6-5-8-3-1-2-4-9(8)7-11;1-6-4-7(2)9(8(3)5-6)13(10,11)12/h1-7H,10H2;4-5H,1-3H3,(H,10,11,12)/q+1;/p-1. The molecule has 0 aliphatic rings. The maximum Gasteiger partial charge on any atom is 0.206 e. The van der Waals surface area contributed by atoms with E-state index in [1.54, 1.807) is 30.7 Å². The van der Waals surface area contributed by atoms with Crippen LogP contribution >= 0.6 is 0 Å². The van der Waals surface area contributed by atoms with E-state index in [4.69, 9.17) is 5.84 Å². The van der Waals surface area contributed by atoms with Gasteiger partial charge in [-0.2, -0.15) is 0 Å². The van der Waals surface area contributed by atoms with Gasteiger partial charge in [-0.15, -0.1) is 0 Å². The Labute approximate surface area is 142 Å². The summed E-state index contributed by atoms with van der Waals surface area (Å²) in [7, 11) is -4.33. The largest absolute Gasteiger partial charge is 0.744 e. The maximum absolute atomic E-state index is 10.8. The van der Waals surface area contributed by atoms with Gasteiger partial charge in [0, 0.05) is 11.5 Å². The topological polar surface area (TPSA) is 87.1 Å². The van der Waals surface area contributed by atoms with Gasteiger partial charge in [-0.1, -0.05) is 40.6 Å². The minimum Gasteiger partial charge on any atom is -0.744 e. The third-order valence-electron chi connectivity index (χ3n) is 3.57. The van der Waals surface area contributed by atoms with Crippen molar-refractivity contribution in [3.05, 3.63) is 71.5 Å². The summed E-state index contributed by atoms with van der Waals surface area (Å²) in [6.07, 6.45) is 3.73. The van der Waals surface area contributed by atoms with Crippen molar-refractivity contribution in [3.8, 4) is 0 Å². The Kier molecular flexibility index (Phi) is 5.21. The second-order valence-electron chi connectivity index (χ2n) is 5.70. The molecule has 0 amide bonds. The lowest BCUT2D eigenvalue weighted by Crippen LogP contribution is -2.43. The average Bonchev–Trinajstić information content (AvgIpc) is 2.45. The molecule has 1 aromatic heterocycles. The van der Waals surface area contributed by atoms with Gasteiger partial charge in [-0.25, -0.2) is 14.3 Å². The summed E-state index contributed by atoms with van der Waals surface area (Å²) < 4.78 is 34.0. The molecule has 0 unspecified atom stereocenters. The molecule has 0 radical (unpaired) electrons. The first-order valence-corrected chi connectivity index (χ1v) is 8.78. The minimum absolute atomic E-state index is 0.0851. The van der Waals surface area contributed by atoms with Gasteiger partial charge in [0.15, 0.2) is 6.20 Å². The molecule has 1 heterocycles. The van der Waals surface area contributed by atoms with E-state index in [2.05, 4.69) is 6.07 Å². The van der Waals surface area contributed by atoms with Crippen LogP contribution in [0.15, 0.2) is 59.8 Å². The Bertz CT molecular complexity index is 959. The maximum atomic E-state index is 10.8. The van der Waals surface area contributed by atoms with Crippen molar-refractivity contribution in [2.24, 2.45) is 0 Å². The SMILES string of the molecule is Cc1cc(C)c(S(=O)(=O)[O-])c(C)c1.N[n+]1ccc2ccccc2c1. The van der Waals surface area contributed by atoms with Crippen LogP contribution in [0, 0.1) is 20.8 Å². The molecular weight excluding hydrogens is 324 g/mol. The van der Waals surface area contributed by atoms with Crippen LogP contribution in [-0.4, -0.2) is 13.0 Å². The first kappa shape index (κ1) is 17.9. The highest BCUT2D eigenvalue weighted by Gasteiger charge is 2.09. The van der Waals surface area contributed by atoms with Gasteiger partial charge in [0.25, 0.3) is 0 Å². The van der Waals surface area contributed by atoms with Crippen molar-refractivity contribution in [1.29, 1.82) is 0 Å². The summed E-state index contributed by atoms with van der Waals surface area (Å²) >= 11 is 0. The van der Waals surface area contributed by atoms with Crippen molar-refractivity contribution < 1.29 is 17.6 Å². The van der Waals surface area contributed by atoms with E-state index in [9.17, 15) is 13.0 Å². The monoisotopic (exact) mass is 344 g/mol. The molecule has 126 valence electrons. The van der Waals surface area contributed by atoms with Crippen LogP contribution in [0.4, 0.5) is 0 Å². The van der Waals surface area contributed by atoms with Crippen LogP contribution in [0.5, 0.6) is 0 Å². The first-order valence-electron chi connectivity index (χ1n) is 7.37. The molecule has 2 N–H and O–H groups in total. The van der Waals surface area contributed by atoms with Gasteiger partial charge in [-0.3, -0.25) is 0 Å². The van der Waals surface area contributed by atoms with Gasteiger partial charge in [0.05, 0.1) is 4.90 Å². The van der Waals surface area contributed by atoms with Crippen LogP contribution in [0.1, 0.15) is 16.7 Å². The molecule has 6 heteroatoms. The number of pyridine rings is 1. The predicted octanol–water partition coefficient (Wildman–Crippen LogP) is 2.36. The number of hydrogen-bond acceptors (Lipinski definition) is 4. The number of benzene rings is 2. The Morgan fingerprint density at radius 2 is 1.50 bits per heavy atom. The summed E-state index contributed by atoms with van der Waals surface area (Å²) in [4.78, 5) is -0.0851. The fourth-order valence-corrected chi connectivity index (χ4v) is 3.62. The molecule has 0 atom stereocenters. The van der Waals surface area contributed by atoms with Crippen molar-refractivity contribution in [3.63, 3.8) is 0 Å². The van der Waals surface area contributed by atoms with Crippen LogP contribution < -0.4 is 10.5 Å². The highest BCUT2D eigenvalue weighted by molar-refractivity contribution is 7.85. The second kappa shape index (κ2) is 6.98. The second-order valence-corrected chi connectivity index (χ2v) is 7.02. The van der Waals surface area contributed by atoms with Gasteiger partial charge < -0.3 is 4.55 Å². The zero-order valence-corrected chi connectivity index (χ0v) is 14.7. The quantitative estimate of drug-likeness (QED) is 0.417. The summed E-state index contributed by atoms with van der Waals surface area (Å²) in [5, 5.41) is 2.38. The predicted molar refractivity (Wildman–Crippen MR) is 92.9 cm³/mol. The molecule has 0 bridgehead atoms. The lowest BCUT2D eigenvalue weighted by molar-refractivity contribution is -0.637. The molecule has 0 fully saturated rings. The number of aromatic nitrogens is 1. The van der Waals surface area contributed by atoms with E-state index < -0.39 is 10.1 Å². The fourth-order valence-electron chi connectivity index (χ4n) is 2.71. The number of nitrogens with zero attached hydrogens (tertiary/aromatic N) is 1. The van der Waals surface area contributed by atoms with Crippen LogP contribution in [0.2, 0.25) is 0 Å². The Morgan fingerprint density at radius 1 is 0.958 bits per heavy atom. The Hall–Kier alpha value is -2.44. The molecule has 5 nitrogen and oxygen atoms in total. The van der Waals surface area contributed by atoms with E-state index in [0.29, 0.717) is 11.1 Å². The van der Waals surface area contributed by atoms with Crippen LogP contribution in [0.3, 0.4) is 0 Å². The summed E-state index contributed by atoms with van der Waals surface area (Å²) in [6, 6.07) is 13.5. The van der Waals surface area contributed by atoms with E-state index in [1.807, 2.05) is 43.6 Å². The summed E-state index contributed by atoms with van der Waals surface area (Å²) in [5.41, 5.74) is 2.00. The number of nitrogens with two attached hydrogens (primary N) is 1. The van der Waals surface area contributed by atoms with Gasteiger partial charge in [-0.05, 0) is 43.4 Å². The van der Waals surface area contributed by atoms with Crippen molar-refractivity contribution in [1.82, 2.24) is 0 Å².